The molecule has 0 saturated carbocycles. The molecule has 0 unspecified atom stereocenters. The number of rotatable bonds is 3. The number of halogens is 3. The maximum absolute atomic E-state index is 12.9. The average Bonchev–Trinajstić information content (AvgIpc) is 2.59. The second-order valence-corrected chi connectivity index (χ2v) is 5.64. The van der Waals surface area contributed by atoms with Gasteiger partial charge in [-0.2, -0.15) is 13.2 Å². The molecule has 3 aromatic rings. The number of benzene rings is 2. The molecule has 0 bridgehead atoms. The zero-order valence-electron chi connectivity index (χ0n) is 13.3. The van der Waals surface area contributed by atoms with Crippen molar-refractivity contribution < 1.29 is 23.1 Å². The number of nitrogens with zero attached hydrogens (tertiary/aromatic N) is 1. The summed E-state index contributed by atoms with van der Waals surface area (Å²) in [5, 5.41) is 9.39. The van der Waals surface area contributed by atoms with E-state index in [4.69, 9.17) is 0 Å². The molecule has 3 rings (SSSR count). The highest BCUT2D eigenvalue weighted by atomic mass is 19.4. The Labute approximate surface area is 141 Å². The van der Waals surface area contributed by atoms with Crippen LogP contribution in [0.25, 0.3) is 22.2 Å². The lowest BCUT2D eigenvalue weighted by Crippen LogP contribution is -2.06. The first-order chi connectivity index (χ1) is 11.8. The van der Waals surface area contributed by atoms with Crippen LogP contribution < -0.4 is 0 Å². The summed E-state index contributed by atoms with van der Waals surface area (Å²) in [6.07, 6.45) is -3.68. The van der Waals surface area contributed by atoms with Crippen LogP contribution in [0.4, 0.5) is 13.2 Å². The summed E-state index contributed by atoms with van der Waals surface area (Å²) in [6.45, 7) is 2.02. The number of hydrogen-bond acceptors (Lipinski definition) is 2. The Hall–Kier alpha value is -2.89. The van der Waals surface area contributed by atoms with E-state index in [2.05, 4.69) is 4.98 Å². The van der Waals surface area contributed by atoms with E-state index in [1.165, 1.54) is 12.1 Å². The third-order valence-electron chi connectivity index (χ3n) is 4.02. The van der Waals surface area contributed by atoms with Gasteiger partial charge >= 0.3 is 12.1 Å². The lowest BCUT2D eigenvalue weighted by molar-refractivity contribution is -0.137. The van der Waals surface area contributed by atoms with Crippen molar-refractivity contribution in [1.82, 2.24) is 4.98 Å². The van der Waals surface area contributed by atoms with E-state index in [9.17, 15) is 23.1 Å². The van der Waals surface area contributed by atoms with Crippen molar-refractivity contribution in [3.63, 3.8) is 0 Å². The van der Waals surface area contributed by atoms with Gasteiger partial charge in [0.05, 0.1) is 22.3 Å². The van der Waals surface area contributed by atoms with Crippen molar-refractivity contribution in [3.8, 4) is 11.3 Å². The minimum absolute atomic E-state index is 0.0312. The molecule has 0 atom stereocenters. The van der Waals surface area contributed by atoms with Crippen molar-refractivity contribution in [2.24, 2.45) is 0 Å². The van der Waals surface area contributed by atoms with Gasteiger partial charge in [0.1, 0.15) is 0 Å². The number of alkyl halides is 3. The predicted molar refractivity (Wildman–Crippen MR) is 88.5 cm³/mol. The molecule has 1 heterocycles. The average molecular weight is 345 g/mol. The molecule has 1 aromatic heterocycles. The fraction of sp³-hybridized carbons (Fsp3) is 0.158. The van der Waals surface area contributed by atoms with E-state index in [1.807, 2.05) is 31.2 Å². The molecule has 0 saturated heterocycles. The molecule has 1 N–H and O–H groups in total. The van der Waals surface area contributed by atoms with E-state index in [1.54, 1.807) is 0 Å². The second kappa shape index (κ2) is 6.20. The van der Waals surface area contributed by atoms with Crippen LogP contribution in [0.15, 0.2) is 48.5 Å². The van der Waals surface area contributed by atoms with E-state index >= 15 is 0 Å². The van der Waals surface area contributed by atoms with Crippen molar-refractivity contribution in [1.29, 1.82) is 0 Å². The van der Waals surface area contributed by atoms with Crippen LogP contribution in [-0.2, 0) is 12.6 Å². The largest absolute Gasteiger partial charge is 0.478 e. The Morgan fingerprint density at radius 3 is 2.32 bits per heavy atom. The summed E-state index contributed by atoms with van der Waals surface area (Å²) < 4.78 is 38.7. The highest BCUT2D eigenvalue weighted by Crippen LogP contribution is 2.33. The van der Waals surface area contributed by atoms with Gasteiger partial charge in [0.25, 0.3) is 0 Å². The summed E-state index contributed by atoms with van der Waals surface area (Å²) in [6, 6.07) is 11.7. The number of aromatic nitrogens is 1. The lowest BCUT2D eigenvalue weighted by Gasteiger charge is -2.11. The van der Waals surface area contributed by atoms with Crippen molar-refractivity contribution in [2.75, 3.05) is 0 Å². The molecule has 128 valence electrons. The molecule has 6 heteroatoms. The number of aromatic carboxylic acids is 1. The van der Waals surface area contributed by atoms with Crippen molar-refractivity contribution in [3.05, 3.63) is 65.2 Å². The van der Waals surface area contributed by atoms with Crippen LogP contribution in [0.3, 0.4) is 0 Å². The smallest absolute Gasteiger partial charge is 0.416 e. The fourth-order valence-electron chi connectivity index (χ4n) is 2.64. The molecule has 0 aliphatic heterocycles. The highest BCUT2D eigenvalue weighted by molar-refractivity contribution is 6.04. The Balaban J connectivity index is 2.21. The van der Waals surface area contributed by atoms with Gasteiger partial charge < -0.3 is 5.11 Å². The summed E-state index contributed by atoms with van der Waals surface area (Å²) in [4.78, 5) is 15.9. The molecule has 0 amide bonds. The first kappa shape index (κ1) is 17.0. The number of hydrogen-bond donors (Lipinski definition) is 1. The highest BCUT2D eigenvalue weighted by Gasteiger charge is 2.31. The topological polar surface area (TPSA) is 50.2 Å². The summed E-state index contributed by atoms with van der Waals surface area (Å²) >= 11 is 0. The zero-order valence-corrected chi connectivity index (χ0v) is 13.3. The molecule has 0 fully saturated rings. The van der Waals surface area contributed by atoms with E-state index in [0.717, 1.165) is 24.1 Å². The van der Waals surface area contributed by atoms with E-state index in [0.29, 0.717) is 11.3 Å². The maximum Gasteiger partial charge on any atom is 0.416 e. The van der Waals surface area contributed by atoms with Gasteiger partial charge in [-0.25, -0.2) is 9.78 Å². The Kier molecular flexibility index (Phi) is 4.20. The number of pyridine rings is 1. The molecular weight excluding hydrogens is 331 g/mol. The van der Waals surface area contributed by atoms with Gasteiger partial charge in [-0.3, -0.25) is 0 Å². The van der Waals surface area contributed by atoms with Crippen molar-refractivity contribution >= 4 is 16.9 Å². The summed E-state index contributed by atoms with van der Waals surface area (Å²) in [5.41, 5.74) is 1.35. The third kappa shape index (κ3) is 3.33. The van der Waals surface area contributed by atoms with Gasteiger partial charge in [0.15, 0.2) is 0 Å². The first-order valence-corrected chi connectivity index (χ1v) is 7.64. The van der Waals surface area contributed by atoms with E-state index in [-0.39, 0.29) is 16.5 Å². The second-order valence-electron chi connectivity index (χ2n) is 5.64. The molecule has 0 spiro atoms. The van der Waals surface area contributed by atoms with Crippen LogP contribution in [0.1, 0.15) is 28.4 Å². The molecule has 0 aliphatic rings. The first-order valence-electron chi connectivity index (χ1n) is 7.64. The molecule has 2 aromatic carbocycles. The lowest BCUT2D eigenvalue weighted by atomic mass is 10.0. The zero-order chi connectivity index (χ0) is 18.2. The van der Waals surface area contributed by atoms with Gasteiger partial charge in [-0.15, -0.1) is 0 Å². The standard InChI is InChI=1S/C19H14F3NO2/c1-2-11-3-5-12(6-4-11)17-10-15(18(24)25)14-9-13(19(20,21)22)7-8-16(14)23-17/h3-10H,2H2,1H3,(H,24,25). The summed E-state index contributed by atoms with van der Waals surface area (Å²) in [5.74, 6) is -1.29. The fourth-order valence-corrected chi connectivity index (χ4v) is 2.64. The molecular formula is C19H14F3NO2. The van der Waals surface area contributed by atoms with Crippen LogP contribution >= 0.6 is 0 Å². The molecule has 0 radical (unpaired) electrons. The quantitative estimate of drug-likeness (QED) is 0.711. The van der Waals surface area contributed by atoms with Gasteiger partial charge in [-0.1, -0.05) is 31.2 Å². The Morgan fingerprint density at radius 2 is 1.76 bits per heavy atom. The number of carboxylic acid groups (broad SMARTS) is 1. The minimum atomic E-state index is -4.54. The van der Waals surface area contributed by atoms with Crippen molar-refractivity contribution in [2.45, 2.75) is 19.5 Å². The summed E-state index contributed by atoms with van der Waals surface area (Å²) in [7, 11) is 0. The Bertz CT molecular complexity index is 947. The number of fused-ring (bicyclic) bond motifs is 1. The minimum Gasteiger partial charge on any atom is -0.478 e. The molecule has 25 heavy (non-hydrogen) atoms. The van der Waals surface area contributed by atoms with Gasteiger partial charge in [0.2, 0.25) is 0 Å². The third-order valence-corrected chi connectivity index (χ3v) is 4.02. The monoisotopic (exact) mass is 345 g/mol. The maximum atomic E-state index is 12.9. The predicted octanol–water partition coefficient (Wildman–Crippen LogP) is 5.18. The molecule has 3 nitrogen and oxygen atoms in total. The van der Waals surface area contributed by atoms with Crippen LogP contribution in [0, 0.1) is 0 Å². The van der Waals surface area contributed by atoms with Gasteiger partial charge in [0, 0.05) is 10.9 Å². The van der Waals surface area contributed by atoms with Gasteiger partial charge in [-0.05, 0) is 36.2 Å². The number of aryl methyl sites for hydroxylation is 1. The molecule has 0 aliphatic carbocycles. The van der Waals surface area contributed by atoms with E-state index < -0.39 is 17.7 Å². The normalized spacial score (nSPS) is 11.7. The van der Waals surface area contributed by atoms with Crippen LogP contribution in [-0.4, -0.2) is 16.1 Å². The van der Waals surface area contributed by atoms with Crippen LogP contribution in [0.2, 0.25) is 0 Å². The number of carbonyl (C=O) groups is 1. The Morgan fingerprint density at radius 1 is 1.08 bits per heavy atom. The SMILES string of the molecule is CCc1ccc(-c2cc(C(=O)O)c3cc(C(F)(F)F)ccc3n2)cc1. The van der Waals surface area contributed by atoms with Crippen LogP contribution in [0.5, 0.6) is 0 Å². The number of carboxylic acids is 1.